The van der Waals surface area contributed by atoms with E-state index in [1.807, 2.05) is 24.3 Å². The van der Waals surface area contributed by atoms with Crippen molar-refractivity contribution < 1.29 is 17.9 Å². The molecule has 1 N–H and O–H groups in total. The summed E-state index contributed by atoms with van der Waals surface area (Å²) < 4.78 is 28.1. The molecule has 0 saturated carbocycles. The van der Waals surface area contributed by atoms with Gasteiger partial charge in [0, 0.05) is 11.6 Å². The van der Waals surface area contributed by atoms with Crippen LogP contribution in [-0.4, -0.2) is 44.0 Å². The van der Waals surface area contributed by atoms with Gasteiger partial charge in [-0.25, -0.2) is 13.4 Å². The van der Waals surface area contributed by atoms with Crippen molar-refractivity contribution >= 4 is 27.1 Å². The lowest BCUT2D eigenvalue weighted by Crippen LogP contribution is -2.35. The molecule has 1 aromatic carbocycles. The van der Waals surface area contributed by atoms with Gasteiger partial charge >= 0.3 is 0 Å². The Morgan fingerprint density at radius 3 is 2.62 bits per heavy atom. The van der Waals surface area contributed by atoms with Gasteiger partial charge in [-0.1, -0.05) is 0 Å². The van der Waals surface area contributed by atoms with Crippen molar-refractivity contribution in [1.29, 1.82) is 0 Å². The van der Waals surface area contributed by atoms with Gasteiger partial charge in [0.05, 0.1) is 24.3 Å². The molecule has 2 heterocycles. The van der Waals surface area contributed by atoms with E-state index in [2.05, 4.69) is 10.3 Å². The van der Waals surface area contributed by atoms with Gasteiger partial charge in [-0.3, -0.25) is 4.79 Å². The lowest BCUT2D eigenvalue weighted by molar-refractivity contribution is 0.0944. The maximum absolute atomic E-state index is 12.4. The third-order valence-corrected chi connectivity index (χ3v) is 6.88. The van der Waals surface area contributed by atoms with Crippen molar-refractivity contribution in [2.24, 2.45) is 0 Å². The molecule has 128 valence electrons. The van der Waals surface area contributed by atoms with Gasteiger partial charge in [-0.2, -0.15) is 0 Å². The third kappa shape index (κ3) is 3.59. The number of methoxy groups -OCH3 is 1. The third-order valence-electron chi connectivity index (χ3n) is 3.91. The maximum Gasteiger partial charge on any atom is 0.263 e. The van der Waals surface area contributed by atoms with E-state index in [0.29, 0.717) is 17.0 Å². The van der Waals surface area contributed by atoms with Crippen molar-refractivity contribution in [2.75, 3.05) is 18.6 Å². The Morgan fingerprint density at radius 1 is 1.33 bits per heavy atom. The summed E-state index contributed by atoms with van der Waals surface area (Å²) >= 11 is 1.30. The molecule has 6 nitrogen and oxygen atoms in total. The number of ether oxygens (including phenoxy) is 1. The summed E-state index contributed by atoms with van der Waals surface area (Å²) in [5, 5.41) is 3.56. The number of hydrogen-bond donors (Lipinski definition) is 1. The zero-order valence-electron chi connectivity index (χ0n) is 13.4. The summed E-state index contributed by atoms with van der Waals surface area (Å²) in [5.74, 6) is 0.651. The molecule has 0 unspecified atom stereocenters. The molecular weight excluding hydrogens is 348 g/mol. The zero-order valence-corrected chi connectivity index (χ0v) is 15.0. The van der Waals surface area contributed by atoms with Crippen molar-refractivity contribution in [3.8, 4) is 16.3 Å². The van der Waals surface area contributed by atoms with Gasteiger partial charge in [0.1, 0.15) is 15.6 Å². The smallest absolute Gasteiger partial charge is 0.263 e. The molecule has 0 aliphatic carbocycles. The van der Waals surface area contributed by atoms with Crippen LogP contribution in [-0.2, 0) is 9.84 Å². The lowest BCUT2D eigenvalue weighted by Gasteiger charge is -2.09. The Bertz CT molecular complexity index is 857. The van der Waals surface area contributed by atoms with Crippen LogP contribution in [0.25, 0.3) is 10.6 Å². The summed E-state index contributed by atoms with van der Waals surface area (Å²) in [7, 11) is -1.41. The largest absolute Gasteiger partial charge is 0.497 e. The highest BCUT2D eigenvalue weighted by Crippen LogP contribution is 2.29. The van der Waals surface area contributed by atoms with Gasteiger partial charge in [-0.05, 0) is 37.6 Å². The van der Waals surface area contributed by atoms with Crippen LogP contribution in [0.1, 0.15) is 21.8 Å². The number of rotatable bonds is 4. The standard InChI is InChI=1S/C16H18N2O4S2/c1-10-14(15(19)18-12-7-8-24(20,21)9-12)23-16(17-10)11-3-5-13(22-2)6-4-11/h3-6,12H,7-9H2,1-2H3,(H,18,19)/t12-/m1/s1. The first-order valence-electron chi connectivity index (χ1n) is 7.51. The van der Waals surface area contributed by atoms with E-state index in [4.69, 9.17) is 4.74 Å². The fourth-order valence-electron chi connectivity index (χ4n) is 2.62. The number of carbonyl (C=O) groups excluding carboxylic acids is 1. The van der Waals surface area contributed by atoms with Crippen LogP contribution in [0.15, 0.2) is 24.3 Å². The quantitative estimate of drug-likeness (QED) is 0.895. The SMILES string of the molecule is COc1ccc(-c2nc(C)c(C(=O)N[C@@H]3CCS(=O)(=O)C3)s2)cc1. The van der Waals surface area contributed by atoms with Crippen LogP contribution in [0, 0.1) is 6.92 Å². The van der Waals surface area contributed by atoms with E-state index in [9.17, 15) is 13.2 Å². The normalized spacial score (nSPS) is 19.2. The molecule has 0 spiro atoms. The van der Waals surface area contributed by atoms with Crippen LogP contribution in [0.2, 0.25) is 0 Å². The second kappa shape index (κ2) is 6.52. The van der Waals surface area contributed by atoms with Gasteiger partial charge < -0.3 is 10.1 Å². The summed E-state index contributed by atoms with van der Waals surface area (Å²) in [5.41, 5.74) is 1.55. The van der Waals surface area contributed by atoms with Crippen LogP contribution >= 0.6 is 11.3 Å². The average molecular weight is 366 g/mol. The van der Waals surface area contributed by atoms with Crippen LogP contribution in [0.4, 0.5) is 0 Å². The van der Waals surface area contributed by atoms with Gasteiger partial charge in [-0.15, -0.1) is 11.3 Å². The van der Waals surface area contributed by atoms with Gasteiger partial charge in [0.15, 0.2) is 9.84 Å². The van der Waals surface area contributed by atoms with Crippen molar-refractivity contribution in [3.05, 3.63) is 34.8 Å². The molecule has 2 aromatic rings. The Hall–Kier alpha value is -1.93. The summed E-state index contributed by atoms with van der Waals surface area (Å²) in [6, 6.07) is 7.16. The highest BCUT2D eigenvalue weighted by molar-refractivity contribution is 7.91. The number of benzene rings is 1. The van der Waals surface area contributed by atoms with Gasteiger partial charge in [0.2, 0.25) is 0 Å². The summed E-state index contributed by atoms with van der Waals surface area (Å²) in [6.45, 7) is 1.78. The molecule has 1 saturated heterocycles. The second-order valence-corrected chi connectivity index (χ2v) is 8.96. The number of amides is 1. The van der Waals surface area contributed by atoms with E-state index < -0.39 is 9.84 Å². The Kier molecular flexibility index (Phi) is 4.60. The number of hydrogen-bond acceptors (Lipinski definition) is 6. The Balaban J connectivity index is 1.77. The lowest BCUT2D eigenvalue weighted by atomic mass is 10.2. The van der Waals surface area contributed by atoms with Gasteiger partial charge in [0.25, 0.3) is 5.91 Å². The molecule has 0 radical (unpaired) electrons. The van der Waals surface area contributed by atoms with Crippen molar-refractivity contribution in [3.63, 3.8) is 0 Å². The molecule has 1 amide bonds. The van der Waals surface area contributed by atoms with Crippen molar-refractivity contribution in [2.45, 2.75) is 19.4 Å². The van der Waals surface area contributed by atoms with E-state index in [0.717, 1.165) is 16.3 Å². The molecule has 1 aromatic heterocycles. The molecule has 1 atom stereocenters. The highest BCUT2D eigenvalue weighted by atomic mass is 32.2. The Labute approximate surface area is 144 Å². The molecule has 3 rings (SSSR count). The number of aryl methyl sites for hydroxylation is 1. The minimum Gasteiger partial charge on any atom is -0.497 e. The minimum atomic E-state index is -3.02. The van der Waals surface area contributed by atoms with E-state index in [1.165, 1.54) is 11.3 Å². The molecule has 1 aliphatic heterocycles. The van der Waals surface area contributed by atoms with Crippen LogP contribution < -0.4 is 10.1 Å². The molecule has 1 fully saturated rings. The second-order valence-electron chi connectivity index (χ2n) is 5.74. The zero-order chi connectivity index (χ0) is 17.3. The fourth-order valence-corrected chi connectivity index (χ4v) is 5.27. The van der Waals surface area contributed by atoms with E-state index in [-0.39, 0.29) is 23.5 Å². The van der Waals surface area contributed by atoms with E-state index >= 15 is 0 Å². The molecule has 1 aliphatic rings. The van der Waals surface area contributed by atoms with Crippen LogP contribution in [0.5, 0.6) is 5.75 Å². The number of carbonyl (C=O) groups is 1. The number of aromatic nitrogens is 1. The predicted octanol–water partition coefficient (Wildman–Crippen LogP) is 2.04. The number of nitrogens with zero attached hydrogens (tertiary/aromatic N) is 1. The predicted molar refractivity (Wildman–Crippen MR) is 93.4 cm³/mol. The Morgan fingerprint density at radius 2 is 2.04 bits per heavy atom. The summed E-state index contributed by atoms with van der Waals surface area (Å²) in [4.78, 5) is 17.4. The maximum atomic E-state index is 12.4. The molecule has 24 heavy (non-hydrogen) atoms. The van der Waals surface area contributed by atoms with E-state index in [1.54, 1.807) is 14.0 Å². The highest BCUT2D eigenvalue weighted by Gasteiger charge is 2.30. The van der Waals surface area contributed by atoms with Crippen LogP contribution in [0.3, 0.4) is 0 Å². The summed E-state index contributed by atoms with van der Waals surface area (Å²) in [6.07, 6.45) is 0.470. The van der Waals surface area contributed by atoms with Crippen molar-refractivity contribution in [1.82, 2.24) is 10.3 Å². The molecular formula is C16H18N2O4S2. The first-order chi connectivity index (χ1) is 11.4. The molecule has 8 heteroatoms. The monoisotopic (exact) mass is 366 g/mol. The first-order valence-corrected chi connectivity index (χ1v) is 10.1. The number of nitrogens with one attached hydrogen (secondary N) is 1. The fraction of sp³-hybridized carbons (Fsp3) is 0.375. The average Bonchev–Trinajstić information content (AvgIpc) is 3.10. The number of thiazole rings is 1. The number of sulfone groups is 1. The first kappa shape index (κ1) is 16.9. The minimum absolute atomic E-state index is 0.0158. The topological polar surface area (TPSA) is 85.4 Å². The molecule has 0 bridgehead atoms.